The maximum Gasteiger partial charge on any atom is 0.0854 e. The fourth-order valence-corrected chi connectivity index (χ4v) is 2.43. The van der Waals surface area contributed by atoms with E-state index in [4.69, 9.17) is 22.7 Å². The molecule has 0 bridgehead atoms. The van der Waals surface area contributed by atoms with Crippen molar-refractivity contribution in [3.8, 4) is 0 Å². The highest BCUT2D eigenvalue weighted by atomic mass is 32.4. The van der Waals surface area contributed by atoms with Crippen molar-refractivity contribution in [2.45, 2.75) is 25.0 Å². The minimum Gasteiger partial charge on any atom is -0.379 e. The van der Waals surface area contributed by atoms with Crippen LogP contribution in [0.2, 0.25) is 0 Å². The highest BCUT2D eigenvalue weighted by molar-refractivity contribution is 8.11. The molecule has 0 saturated carbocycles. The minimum absolute atomic E-state index is 0.0148. The standard InChI is InChI=1S/C8H17O3PS/c1-10-7-3-5-11-8(7)4-6-12(2,9)13/h7-8H,3-6H2,1-2H3,(H,9,13)/t7?,8-,12?/m1/s1/i5T/t5?,7?,8-,12?. The minimum atomic E-state index is -2.14. The van der Waals surface area contributed by atoms with E-state index in [1.54, 1.807) is 13.8 Å². The first-order valence-electron chi connectivity index (χ1n) is 4.90. The van der Waals surface area contributed by atoms with Gasteiger partial charge < -0.3 is 14.4 Å². The summed E-state index contributed by atoms with van der Waals surface area (Å²) >= 11 is 4.95. The summed E-state index contributed by atoms with van der Waals surface area (Å²) in [4.78, 5) is 9.49. The Kier molecular flexibility index (Phi) is 3.75. The second kappa shape index (κ2) is 4.85. The largest absolute Gasteiger partial charge is 0.379 e. The van der Waals surface area contributed by atoms with Gasteiger partial charge in [-0.2, -0.15) is 0 Å². The predicted octanol–water partition coefficient (Wildman–Crippen LogP) is 1.20. The Bertz CT molecular complexity index is 233. The van der Waals surface area contributed by atoms with Crippen molar-refractivity contribution < 1.29 is 15.7 Å². The van der Waals surface area contributed by atoms with Crippen LogP contribution in [0.1, 0.15) is 14.2 Å². The molecule has 1 aliphatic heterocycles. The van der Waals surface area contributed by atoms with Gasteiger partial charge in [0.15, 0.2) is 0 Å². The zero-order valence-electron chi connectivity index (χ0n) is 8.97. The second-order valence-electron chi connectivity index (χ2n) is 3.41. The van der Waals surface area contributed by atoms with Crippen LogP contribution in [0.25, 0.3) is 0 Å². The molecule has 0 amide bonds. The average Bonchev–Trinajstić information content (AvgIpc) is 2.41. The fourth-order valence-electron chi connectivity index (χ4n) is 1.38. The number of methoxy groups -OCH3 is 1. The highest BCUT2D eigenvalue weighted by Crippen LogP contribution is 2.38. The molecule has 1 fully saturated rings. The van der Waals surface area contributed by atoms with Crippen molar-refractivity contribution in [2.24, 2.45) is 0 Å². The Labute approximate surface area is 85.9 Å². The van der Waals surface area contributed by atoms with Crippen LogP contribution >= 0.6 is 6.26 Å². The summed E-state index contributed by atoms with van der Waals surface area (Å²) in [6.07, 6.45) is -0.326. The third-order valence-corrected chi connectivity index (χ3v) is 3.78. The van der Waals surface area contributed by atoms with E-state index in [0.717, 1.165) is 0 Å². The Morgan fingerprint density at radius 3 is 3.08 bits per heavy atom. The smallest absolute Gasteiger partial charge is 0.0854 e. The Balaban J connectivity index is 2.40. The quantitative estimate of drug-likeness (QED) is 0.731. The molecule has 1 saturated heterocycles. The van der Waals surface area contributed by atoms with Crippen molar-refractivity contribution in [1.82, 2.24) is 0 Å². The molecule has 0 aliphatic carbocycles. The van der Waals surface area contributed by atoms with Crippen LogP contribution in [0.4, 0.5) is 0 Å². The van der Waals surface area contributed by atoms with E-state index in [1.165, 1.54) is 0 Å². The molecule has 78 valence electrons. The summed E-state index contributed by atoms with van der Waals surface area (Å²) in [6, 6.07) is 0. The van der Waals surface area contributed by atoms with Gasteiger partial charge in [0.2, 0.25) is 0 Å². The molecule has 1 aliphatic rings. The Hall–Kier alpha value is 0.530. The maximum atomic E-state index is 9.49. The van der Waals surface area contributed by atoms with Crippen LogP contribution in [-0.4, -0.2) is 43.6 Å². The molecule has 3 nitrogen and oxygen atoms in total. The van der Waals surface area contributed by atoms with Crippen molar-refractivity contribution in [1.29, 1.82) is 0 Å². The molecular weight excluding hydrogens is 207 g/mol. The summed E-state index contributed by atoms with van der Waals surface area (Å²) in [5, 5.41) is 0. The predicted molar refractivity (Wildman–Crippen MR) is 57.1 cm³/mol. The first-order valence-corrected chi connectivity index (χ1v) is 7.71. The normalized spacial score (nSPS) is 39.9. The molecular formula is C8H17O3PS. The van der Waals surface area contributed by atoms with Crippen LogP contribution in [0.5, 0.6) is 0 Å². The third-order valence-electron chi connectivity index (χ3n) is 2.15. The van der Waals surface area contributed by atoms with Crippen molar-refractivity contribution >= 4 is 18.1 Å². The topological polar surface area (TPSA) is 38.7 Å². The lowest BCUT2D eigenvalue weighted by atomic mass is 10.1. The van der Waals surface area contributed by atoms with Gasteiger partial charge in [-0.1, -0.05) is 11.8 Å². The van der Waals surface area contributed by atoms with Gasteiger partial charge >= 0.3 is 0 Å². The van der Waals surface area contributed by atoms with Gasteiger partial charge in [0.05, 0.1) is 19.8 Å². The molecule has 0 aromatic rings. The van der Waals surface area contributed by atoms with E-state index < -0.39 is 12.8 Å². The molecule has 0 radical (unpaired) electrons. The van der Waals surface area contributed by atoms with E-state index in [9.17, 15) is 4.89 Å². The van der Waals surface area contributed by atoms with Gasteiger partial charge in [-0.05, 0) is 19.5 Å². The molecule has 3 unspecified atom stereocenters. The van der Waals surface area contributed by atoms with Gasteiger partial charge in [0.25, 0.3) is 0 Å². The fraction of sp³-hybridized carbons (Fsp3) is 1.00. The monoisotopic (exact) mass is 226 g/mol. The molecule has 1 N–H and O–H groups in total. The van der Waals surface area contributed by atoms with Gasteiger partial charge in [-0.15, -0.1) is 0 Å². The average molecular weight is 226 g/mol. The van der Waals surface area contributed by atoms with Gasteiger partial charge in [0.1, 0.15) is 0 Å². The van der Waals surface area contributed by atoms with Crippen LogP contribution in [0, 0.1) is 0 Å². The van der Waals surface area contributed by atoms with Crippen LogP contribution in [0.3, 0.4) is 0 Å². The Morgan fingerprint density at radius 1 is 1.85 bits per heavy atom. The zero-order valence-corrected chi connectivity index (χ0v) is 9.68. The highest BCUT2D eigenvalue weighted by Gasteiger charge is 2.28. The maximum absolute atomic E-state index is 9.49. The zero-order chi connectivity index (χ0) is 10.8. The van der Waals surface area contributed by atoms with E-state index in [0.29, 0.717) is 19.0 Å². The first-order chi connectivity index (χ1) is 6.42. The molecule has 13 heavy (non-hydrogen) atoms. The van der Waals surface area contributed by atoms with Crippen LogP contribution in [0.15, 0.2) is 0 Å². The van der Waals surface area contributed by atoms with Crippen molar-refractivity contribution in [3.63, 3.8) is 0 Å². The molecule has 1 rings (SSSR count). The van der Waals surface area contributed by atoms with Crippen molar-refractivity contribution in [3.05, 3.63) is 0 Å². The number of ether oxygens (including phenoxy) is 2. The van der Waals surface area contributed by atoms with Gasteiger partial charge in [-0.25, -0.2) is 0 Å². The summed E-state index contributed by atoms with van der Waals surface area (Å²) in [7, 11) is 1.63. The number of hydrogen-bond acceptors (Lipinski definition) is 3. The van der Waals surface area contributed by atoms with E-state index in [2.05, 4.69) is 0 Å². The lowest BCUT2D eigenvalue weighted by molar-refractivity contribution is 0.0148. The lowest BCUT2D eigenvalue weighted by Crippen LogP contribution is -2.24. The summed E-state index contributed by atoms with van der Waals surface area (Å²) in [6.45, 7) is 1.22. The number of rotatable bonds is 4. The SMILES string of the molecule is [3H]C1CC(OC)[C@@H](CCP(C)(O)=S)O1. The van der Waals surface area contributed by atoms with Crippen LogP contribution < -0.4 is 0 Å². The lowest BCUT2D eigenvalue weighted by Gasteiger charge is -2.18. The van der Waals surface area contributed by atoms with Crippen molar-refractivity contribution in [2.75, 3.05) is 26.5 Å². The molecule has 1 heterocycles. The third kappa shape index (κ3) is 4.05. The number of hydrogen-bond donors (Lipinski definition) is 1. The van der Waals surface area contributed by atoms with Gasteiger partial charge in [-0.3, -0.25) is 0 Å². The van der Waals surface area contributed by atoms with Gasteiger partial charge in [0, 0.05) is 19.9 Å². The van der Waals surface area contributed by atoms with E-state index in [1.807, 2.05) is 0 Å². The molecule has 0 aromatic heterocycles. The molecule has 4 atom stereocenters. The molecule has 0 aromatic carbocycles. The van der Waals surface area contributed by atoms with Crippen LogP contribution in [-0.2, 0) is 21.3 Å². The Morgan fingerprint density at radius 2 is 2.54 bits per heavy atom. The van der Waals surface area contributed by atoms with E-state index >= 15 is 0 Å². The molecule has 5 heteroatoms. The summed E-state index contributed by atoms with van der Waals surface area (Å²) < 4.78 is 18.0. The summed E-state index contributed by atoms with van der Waals surface area (Å²) in [5.74, 6) is 0. The van der Waals surface area contributed by atoms with E-state index in [-0.39, 0.29) is 12.2 Å². The second-order valence-corrected chi connectivity index (χ2v) is 8.32. The molecule has 0 spiro atoms. The first kappa shape index (κ1) is 10.1. The summed E-state index contributed by atoms with van der Waals surface area (Å²) in [5.41, 5.74) is 0.